The summed E-state index contributed by atoms with van der Waals surface area (Å²) in [5.74, 6) is 0.0666. The van der Waals surface area contributed by atoms with Crippen molar-refractivity contribution in [2.45, 2.75) is 24.0 Å². The van der Waals surface area contributed by atoms with Crippen LogP contribution >= 0.6 is 23.4 Å². The number of nitrogens with one attached hydrogen (secondary N) is 1. The number of aliphatic hydroxyl groups excluding tert-OH is 1. The smallest absolute Gasteiger partial charge is 0.233 e. The summed E-state index contributed by atoms with van der Waals surface area (Å²) in [6.07, 6.45) is 0. The van der Waals surface area contributed by atoms with Crippen molar-refractivity contribution in [2.24, 2.45) is 5.92 Å². The molecule has 1 aromatic rings. The van der Waals surface area contributed by atoms with E-state index in [2.05, 4.69) is 5.32 Å². The SMILES string of the molecule is CC(CO)CNC(=O)C(C)Sc1ccc(Cl)cc1. The zero-order chi connectivity index (χ0) is 13.5. The Morgan fingerprint density at radius 3 is 2.56 bits per heavy atom. The molecule has 0 aliphatic rings. The second kappa shape index (κ2) is 7.67. The molecule has 2 atom stereocenters. The summed E-state index contributed by atoms with van der Waals surface area (Å²) in [4.78, 5) is 12.8. The van der Waals surface area contributed by atoms with Crippen LogP contribution in [0.3, 0.4) is 0 Å². The Morgan fingerprint density at radius 1 is 1.39 bits per heavy atom. The first-order valence-electron chi connectivity index (χ1n) is 5.83. The maximum Gasteiger partial charge on any atom is 0.233 e. The molecule has 1 aromatic carbocycles. The number of benzene rings is 1. The van der Waals surface area contributed by atoms with Crippen LogP contribution in [0.2, 0.25) is 5.02 Å². The molecule has 0 fully saturated rings. The molecule has 0 radical (unpaired) electrons. The van der Waals surface area contributed by atoms with Gasteiger partial charge in [0.05, 0.1) is 5.25 Å². The summed E-state index contributed by atoms with van der Waals surface area (Å²) in [7, 11) is 0. The molecule has 100 valence electrons. The maximum atomic E-state index is 11.8. The molecule has 3 nitrogen and oxygen atoms in total. The Bertz CT molecular complexity index is 383. The standard InChI is InChI=1S/C13H18ClNO2S/c1-9(8-16)7-15-13(17)10(2)18-12-5-3-11(14)4-6-12/h3-6,9-10,16H,7-8H2,1-2H3,(H,15,17). The Hall–Kier alpha value is -0.710. The quantitative estimate of drug-likeness (QED) is 0.791. The highest BCUT2D eigenvalue weighted by Gasteiger charge is 2.14. The largest absolute Gasteiger partial charge is 0.396 e. The molecule has 0 saturated carbocycles. The van der Waals surface area contributed by atoms with Crippen molar-refractivity contribution < 1.29 is 9.90 Å². The molecule has 5 heteroatoms. The minimum atomic E-state index is -0.169. The molecule has 0 heterocycles. The topological polar surface area (TPSA) is 49.3 Å². The fourth-order valence-corrected chi connectivity index (χ4v) is 2.27. The lowest BCUT2D eigenvalue weighted by molar-refractivity contribution is -0.120. The van der Waals surface area contributed by atoms with Gasteiger partial charge < -0.3 is 10.4 Å². The first kappa shape index (κ1) is 15.3. The molecule has 0 aliphatic heterocycles. The lowest BCUT2D eigenvalue weighted by atomic mass is 10.2. The van der Waals surface area contributed by atoms with Crippen molar-refractivity contribution >= 4 is 29.3 Å². The van der Waals surface area contributed by atoms with Crippen LogP contribution in [-0.4, -0.2) is 29.4 Å². The minimum absolute atomic E-state index is 0.0183. The number of thioether (sulfide) groups is 1. The van der Waals surface area contributed by atoms with Crippen molar-refractivity contribution in [3.63, 3.8) is 0 Å². The molecule has 0 bridgehead atoms. The van der Waals surface area contributed by atoms with Gasteiger partial charge in [-0.25, -0.2) is 0 Å². The first-order chi connectivity index (χ1) is 8.52. The summed E-state index contributed by atoms with van der Waals surface area (Å²) in [6.45, 7) is 4.33. The molecule has 0 aromatic heterocycles. The number of carbonyl (C=O) groups excluding carboxylic acids is 1. The van der Waals surface area contributed by atoms with E-state index in [0.29, 0.717) is 11.6 Å². The normalized spacial score (nSPS) is 14.0. The van der Waals surface area contributed by atoms with Gasteiger partial charge in [0.25, 0.3) is 0 Å². The van der Waals surface area contributed by atoms with Crippen molar-refractivity contribution in [3.8, 4) is 0 Å². The summed E-state index contributed by atoms with van der Waals surface area (Å²) in [5.41, 5.74) is 0. The van der Waals surface area contributed by atoms with Gasteiger partial charge in [0.2, 0.25) is 5.91 Å². The molecule has 1 amide bonds. The summed E-state index contributed by atoms with van der Waals surface area (Å²) in [5, 5.41) is 12.2. The zero-order valence-electron chi connectivity index (χ0n) is 10.5. The molecular weight excluding hydrogens is 270 g/mol. The van der Waals surface area contributed by atoms with Gasteiger partial charge in [-0.15, -0.1) is 11.8 Å². The molecule has 18 heavy (non-hydrogen) atoms. The highest BCUT2D eigenvalue weighted by molar-refractivity contribution is 8.00. The van der Waals surface area contributed by atoms with Gasteiger partial charge in [-0.2, -0.15) is 0 Å². The van der Waals surface area contributed by atoms with E-state index in [0.717, 1.165) is 4.90 Å². The van der Waals surface area contributed by atoms with E-state index in [4.69, 9.17) is 16.7 Å². The van der Waals surface area contributed by atoms with Gasteiger partial charge >= 0.3 is 0 Å². The van der Waals surface area contributed by atoms with Crippen molar-refractivity contribution in [1.82, 2.24) is 5.32 Å². The van der Waals surface area contributed by atoms with Gasteiger partial charge in [-0.3, -0.25) is 4.79 Å². The average molecular weight is 288 g/mol. The third-order valence-corrected chi connectivity index (χ3v) is 3.80. The van der Waals surface area contributed by atoms with Gasteiger partial charge in [-0.1, -0.05) is 18.5 Å². The van der Waals surface area contributed by atoms with Crippen molar-refractivity contribution in [2.75, 3.05) is 13.2 Å². The number of carbonyl (C=O) groups is 1. The van der Waals surface area contributed by atoms with Crippen molar-refractivity contribution in [1.29, 1.82) is 0 Å². The summed E-state index contributed by atoms with van der Waals surface area (Å²) < 4.78 is 0. The third kappa shape index (κ3) is 5.29. The van der Waals surface area contributed by atoms with Crippen LogP contribution < -0.4 is 5.32 Å². The lowest BCUT2D eigenvalue weighted by Crippen LogP contribution is -2.34. The van der Waals surface area contributed by atoms with Crippen LogP contribution in [0.15, 0.2) is 29.2 Å². The van der Waals surface area contributed by atoms with Gasteiger partial charge in [-0.05, 0) is 37.1 Å². The van der Waals surface area contributed by atoms with E-state index in [-0.39, 0.29) is 23.7 Å². The number of rotatable bonds is 6. The Balaban J connectivity index is 2.42. The number of hydrogen-bond donors (Lipinski definition) is 2. The van der Waals surface area contributed by atoms with Crippen LogP contribution in [0.25, 0.3) is 0 Å². The molecule has 2 N–H and O–H groups in total. The van der Waals surface area contributed by atoms with Crippen molar-refractivity contribution in [3.05, 3.63) is 29.3 Å². The van der Waals surface area contributed by atoms with Gasteiger partial charge in [0.1, 0.15) is 0 Å². The second-order valence-corrected chi connectivity index (χ2v) is 6.10. The van der Waals surface area contributed by atoms with Crippen LogP contribution in [0.5, 0.6) is 0 Å². The van der Waals surface area contributed by atoms with Crippen LogP contribution in [-0.2, 0) is 4.79 Å². The van der Waals surface area contributed by atoms with Gasteiger partial charge in [0.15, 0.2) is 0 Å². The minimum Gasteiger partial charge on any atom is -0.396 e. The maximum absolute atomic E-state index is 11.8. The van der Waals surface area contributed by atoms with E-state index >= 15 is 0 Å². The molecule has 2 unspecified atom stereocenters. The Kier molecular flexibility index (Phi) is 6.54. The number of aliphatic hydroxyl groups is 1. The average Bonchev–Trinajstić information content (AvgIpc) is 2.38. The Morgan fingerprint density at radius 2 is 2.00 bits per heavy atom. The number of amides is 1. The fraction of sp³-hybridized carbons (Fsp3) is 0.462. The predicted octanol–water partition coefficient (Wildman–Crippen LogP) is 2.57. The first-order valence-corrected chi connectivity index (χ1v) is 7.09. The highest BCUT2D eigenvalue weighted by Crippen LogP contribution is 2.24. The third-order valence-electron chi connectivity index (χ3n) is 2.43. The molecule has 0 aliphatic carbocycles. The molecule has 0 spiro atoms. The van der Waals surface area contributed by atoms with E-state index in [9.17, 15) is 4.79 Å². The molecule has 0 saturated heterocycles. The molecular formula is C13H18ClNO2S. The number of halogens is 1. The summed E-state index contributed by atoms with van der Waals surface area (Å²) in [6, 6.07) is 7.41. The highest BCUT2D eigenvalue weighted by atomic mass is 35.5. The predicted molar refractivity (Wildman–Crippen MR) is 76.0 cm³/mol. The lowest BCUT2D eigenvalue weighted by Gasteiger charge is -2.14. The van der Waals surface area contributed by atoms with E-state index in [1.165, 1.54) is 11.8 Å². The van der Waals surface area contributed by atoms with Crippen LogP contribution in [0, 0.1) is 5.92 Å². The monoisotopic (exact) mass is 287 g/mol. The van der Waals surface area contributed by atoms with Gasteiger partial charge in [0, 0.05) is 23.1 Å². The molecule has 1 rings (SSSR count). The van der Waals surface area contributed by atoms with Crippen LogP contribution in [0.4, 0.5) is 0 Å². The van der Waals surface area contributed by atoms with E-state index in [1.54, 1.807) is 0 Å². The van der Waals surface area contributed by atoms with E-state index < -0.39 is 0 Å². The summed E-state index contributed by atoms with van der Waals surface area (Å²) >= 11 is 7.29. The Labute approximate surface area is 117 Å². The zero-order valence-corrected chi connectivity index (χ0v) is 12.1. The second-order valence-electron chi connectivity index (χ2n) is 4.25. The van der Waals surface area contributed by atoms with E-state index in [1.807, 2.05) is 38.1 Å². The van der Waals surface area contributed by atoms with Crippen LogP contribution in [0.1, 0.15) is 13.8 Å². The fourth-order valence-electron chi connectivity index (χ4n) is 1.25. The number of hydrogen-bond acceptors (Lipinski definition) is 3.